The molecule has 2 aromatic rings. The summed E-state index contributed by atoms with van der Waals surface area (Å²) in [6.45, 7) is 2.57. The van der Waals surface area contributed by atoms with Gasteiger partial charge in [0.1, 0.15) is 18.1 Å². The first-order valence-electron chi connectivity index (χ1n) is 6.76. The van der Waals surface area contributed by atoms with Gasteiger partial charge in [-0.25, -0.2) is 4.79 Å². The summed E-state index contributed by atoms with van der Waals surface area (Å²) in [5.41, 5.74) is 1.67. The van der Waals surface area contributed by atoms with Crippen molar-refractivity contribution in [2.75, 3.05) is 6.61 Å². The lowest BCUT2D eigenvalue weighted by atomic mass is 10.2. The number of benzene rings is 1. The first kappa shape index (κ1) is 14.8. The highest BCUT2D eigenvalue weighted by atomic mass is 16.5. The van der Waals surface area contributed by atoms with Gasteiger partial charge in [-0.05, 0) is 30.7 Å². The lowest BCUT2D eigenvalue weighted by Gasteiger charge is -2.08. The highest BCUT2D eigenvalue weighted by Gasteiger charge is 2.03. The first-order chi connectivity index (χ1) is 10.3. The molecule has 108 valence electrons. The van der Waals surface area contributed by atoms with Crippen LogP contribution >= 0.6 is 0 Å². The minimum atomic E-state index is -0.392. The Morgan fingerprint density at radius 3 is 2.76 bits per heavy atom. The molecule has 0 bridgehead atoms. The maximum Gasteiger partial charge on any atom is 0.330 e. The van der Waals surface area contributed by atoms with Gasteiger partial charge in [-0.2, -0.15) is 0 Å². The molecule has 4 heteroatoms. The van der Waals surface area contributed by atoms with Gasteiger partial charge in [0.2, 0.25) is 0 Å². The number of pyridine rings is 1. The Kier molecular flexibility index (Phi) is 5.52. The normalized spacial score (nSPS) is 10.5. The Morgan fingerprint density at radius 1 is 1.19 bits per heavy atom. The molecule has 0 N–H and O–H groups in total. The minimum absolute atomic E-state index is 0.350. The van der Waals surface area contributed by atoms with Crippen molar-refractivity contribution in [1.82, 2.24) is 4.98 Å². The molecule has 2 rings (SSSR count). The van der Waals surface area contributed by atoms with Gasteiger partial charge in [0.25, 0.3) is 0 Å². The number of hydrogen-bond donors (Lipinski definition) is 0. The van der Waals surface area contributed by atoms with Gasteiger partial charge in [-0.1, -0.05) is 30.3 Å². The molecule has 1 aromatic carbocycles. The topological polar surface area (TPSA) is 48.4 Å². The highest BCUT2D eigenvalue weighted by Crippen LogP contribution is 2.18. The molecule has 1 heterocycles. The third-order valence-corrected chi connectivity index (χ3v) is 2.70. The van der Waals surface area contributed by atoms with E-state index in [1.807, 2.05) is 36.4 Å². The van der Waals surface area contributed by atoms with Crippen LogP contribution in [-0.4, -0.2) is 17.6 Å². The lowest BCUT2D eigenvalue weighted by Crippen LogP contribution is -2.00. The van der Waals surface area contributed by atoms with Crippen LogP contribution in [-0.2, 0) is 16.1 Å². The molecule has 0 spiro atoms. The molecule has 0 aliphatic carbocycles. The molecule has 0 aliphatic rings. The average Bonchev–Trinajstić information content (AvgIpc) is 2.53. The van der Waals surface area contributed by atoms with E-state index in [9.17, 15) is 4.79 Å². The second-order valence-electron chi connectivity index (χ2n) is 4.25. The first-order valence-corrected chi connectivity index (χ1v) is 6.76. The zero-order valence-electron chi connectivity index (χ0n) is 11.9. The minimum Gasteiger partial charge on any atom is -0.487 e. The number of rotatable bonds is 6. The predicted octanol–water partition coefficient (Wildman–Crippen LogP) is 3.24. The number of carbonyl (C=O) groups excluding carboxylic acids is 1. The van der Waals surface area contributed by atoms with Crippen molar-refractivity contribution in [3.8, 4) is 5.75 Å². The standard InChI is InChI=1S/C17H17NO3/c1-2-20-17(19)11-10-15-16(9-6-12-18-15)21-13-14-7-4-3-5-8-14/h3-12H,2,13H2,1H3. The summed E-state index contributed by atoms with van der Waals surface area (Å²) in [6.07, 6.45) is 4.60. The van der Waals surface area contributed by atoms with Crippen LogP contribution in [0, 0.1) is 0 Å². The number of aromatic nitrogens is 1. The summed E-state index contributed by atoms with van der Waals surface area (Å²) in [7, 11) is 0. The monoisotopic (exact) mass is 283 g/mol. The van der Waals surface area contributed by atoms with E-state index < -0.39 is 5.97 Å². The van der Waals surface area contributed by atoms with Crippen molar-refractivity contribution in [2.45, 2.75) is 13.5 Å². The van der Waals surface area contributed by atoms with Crippen LogP contribution in [0.4, 0.5) is 0 Å². The van der Waals surface area contributed by atoms with Gasteiger partial charge in [0, 0.05) is 12.3 Å². The molecule has 0 saturated heterocycles. The molecule has 0 aliphatic heterocycles. The summed E-state index contributed by atoms with van der Waals surface area (Å²) in [6, 6.07) is 13.5. The van der Waals surface area contributed by atoms with E-state index in [-0.39, 0.29) is 0 Å². The van der Waals surface area contributed by atoms with Crippen LogP contribution in [0.25, 0.3) is 6.08 Å². The van der Waals surface area contributed by atoms with E-state index in [0.717, 1.165) is 5.56 Å². The molecule has 0 fully saturated rings. The van der Waals surface area contributed by atoms with E-state index in [0.29, 0.717) is 24.7 Å². The predicted molar refractivity (Wildman–Crippen MR) is 80.7 cm³/mol. The maximum absolute atomic E-state index is 11.3. The van der Waals surface area contributed by atoms with E-state index in [4.69, 9.17) is 9.47 Å². The van der Waals surface area contributed by atoms with E-state index >= 15 is 0 Å². The molecular weight excluding hydrogens is 266 g/mol. The van der Waals surface area contributed by atoms with Gasteiger partial charge in [-0.3, -0.25) is 4.98 Å². The summed E-state index contributed by atoms with van der Waals surface area (Å²) in [5.74, 6) is 0.235. The summed E-state index contributed by atoms with van der Waals surface area (Å²) in [4.78, 5) is 15.5. The van der Waals surface area contributed by atoms with Crippen LogP contribution < -0.4 is 4.74 Å². The number of esters is 1. The van der Waals surface area contributed by atoms with Gasteiger partial charge >= 0.3 is 5.97 Å². The molecule has 1 aromatic heterocycles. The van der Waals surface area contributed by atoms with Crippen molar-refractivity contribution in [1.29, 1.82) is 0 Å². The molecule has 0 amide bonds. The zero-order valence-corrected chi connectivity index (χ0v) is 11.9. The Bertz CT molecular complexity index is 608. The number of nitrogens with zero attached hydrogens (tertiary/aromatic N) is 1. The lowest BCUT2D eigenvalue weighted by molar-refractivity contribution is -0.137. The van der Waals surface area contributed by atoms with Crippen molar-refractivity contribution in [3.63, 3.8) is 0 Å². The molecule has 0 atom stereocenters. The van der Waals surface area contributed by atoms with Crippen molar-refractivity contribution < 1.29 is 14.3 Å². The van der Waals surface area contributed by atoms with E-state index in [2.05, 4.69) is 4.98 Å². The Hall–Kier alpha value is -2.62. The largest absolute Gasteiger partial charge is 0.487 e. The molecule has 0 radical (unpaired) electrons. The third-order valence-electron chi connectivity index (χ3n) is 2.70. The molecule has 21 heavy (non-hydrogen) atoms. The van der Waals surface area contributed by atoms with Crippen LogP contribution in [0.3, 0.4) is 0 Å². The molecular formula is C17H17NO3. The average molecular weight is 283 g/mol. The van der Waals surface area contributed by atoms with Crippen molar-refractivity contribution in [3.05, 3.63) is 66.0 Å². The Morgan fingerprint density at radius 2 is 2.00 bits per heavy atom. The van der Waals surface area contributed by atoms with Gasteiger partial charge in [0.05, 0.1) is 6.61 Å². The SMILES string of the molecule is CCOC(=O)C=Cc1ncccc1OCc1ccccc1. The third kappa shape index (κ3) is 4.76. The fourth-order valence-corrected chi connectivity index (χ4v) is 1.72. The zero-order chi connectivity index (χ0) is 14.9. The van der Waals surface area contributed by atoms with Crippen molar-refractivity contribution in [2.24, 2.45) is 0 Å². The highest BCUT2D eigenvalue weighted by molar-refractivity contribution is 5.87. The summed E-state index contributed by atoms with van der Waals surface area (Å²) >= 11 is 0. The van der Waals surface area contributed by atoms with Crippen LogP contribution in [0.1, 0.15) is 18.2 Å². The van der Waals surface area contributed by atoms with Crippen LogP contribution in [0.5, 0.6) is 5.75 Å². The van der Waals surface area contributed by atoms with Crippen molar-refractivity contribution >= 4 is 12.0 Å². The van der Waals surface area contributed by atoms with E-state index in [1.165, 1.54) is 6.08 Å². The van der Waals surface area contributed by atoms with E-state index in [1.54, 1.807) is 25.3 Å². The fourth-order valence-electron chi connectivity index (χ4n) is 1.72. The summed E-state index contributed by atoms with van der Waals surface area (Å²) < 4.78 is 10.6. The molecule has 0 saturated carbocycles. The second kappa shape index (κ2) is 7.85. The fraction of sp³-hybridized carbons (Fsp3) is 0.176. The Labute approximate surface area is 124 Å². The Balaban J connectivity index is 2.05. The number of hydrogen-bond acceptors (Lipinski definition) is 4. The quantitative estimate of drug-likeness (QED) is 0.603. The smallest absolute Gasteiger partial charge is 0.330 e. The van der Waals surface area contributed by atoms with Gasteiger partial charge < -0.3 is 9.47 Å². The number of ether oxygens (including phenoxy) is 2. The molecule has 0 unspecified atom stereocenters. The van der Waals surface area contributed by atoms with Gasteiger partial charge in [-0.15, -0.1) is 0 Å². The molecule has 4 nitrogen and oxygen atoms in total. The van der Waals surface area contributed by atoms with Gasteiger partial charge in [0.15, 0.2) is 0 Å². The number of carbonyl (C=O) groups is 1. The van der Waals surface area contributed by atoms with Crippen LogP contribution in [0.15, 0.2) is 54.7 Å². The second-order valence-corrected chi connectivity index (χ2v) is 4.25. The summed E-state index contributed by atoms with van der Waals surface area (Å²) in [5, 5.41) is 0. The maximum atomic E-state index is 11.3. The van der Waals surface area contributed by atoms with Crippen LogP contribution in [0.2, 0.25) is 0 Å².